The van der Waals surface area contributed by atoms with Crippen molar-refractivity contribution in [2.75, 3.05) is 13.2 Å². The molecule has 0 atom stereocenters. The summed E-state index contributed by atoms with van der Waals surface area (Å²) in [6.45, 7) is 1.51. The molecule has 3 nitrogen and oxygen atoms in total. The van der Waals surface area contributed by atoms with E-state index in [0.29, 0.717) is 13.0 Å². The molecule has 2 fully saturated rings. The first kappa shape index (κ1) is 12.9. The van der Waals surface area contributed by atoms with Gasteiger partial charge in [0.2, 0.25) is 5.91 Å². The molecule has 1 aliphatic heterocycles. The van der Waals surface area contributed by atoms with Crippen molar-refractivity contribution in [3.8, 4) is 0 Å². The molecule has 3 heteroatoms. The maximum Gasteiger partial charge on any atom is 0.246 e. The van der Waals surface area contributed by atoms with Crippen LogP contribution in [-0.4, -0.2) is 24.1 Å². The Hall–Kier alpha value is -0.570. The third-order valence-electron chi connectivity index (χ3n) is 4.01. The molecule has 0 N–H and O–H groups in total. The molecule has 0 bridgehead atoms. The number of amides is 1. The van der Waals surface area contributed by atoms with Gasteiger partial charge in [-0.25, -0.2) is 5.06 Å². The van der Waals surface area contributed by atoms with Crippen molar-refractivity contribution in [3.05, 3.63) is 0 Å². The Morgan fingerprint density at radius 2 is 1.94 bits per heavy atom. The first-order chi connectivity index (χ1) is 8.36. The SMILES string of the molecule is O=C(CCCC1CCCCC1)N1CCCCO1. The summed E-state index contributed by atoms with van der Waals surface area (Å²) >= 11 is 0. The average Bonchev–Trinajstić information content (AvgIpc) is 2.41. The summed E-state index contributed by atoms with van der Waals surface area (Å²) in [6, 6.07) is 0. The summed E-state index contributed by atoms with van der Waals surface area (Å²) in [6.07, 6.45) is 12.1. The first-order valence-electron chi connectivity index (χ1n) is 7.29. The molecule has 98 valence electrons. The van der Waals surface area contributed by atoms with Gasteiger partial charge in [-0.2, -0.15) is 0 Å². The van der Waals surface area contributed by atoms with E-state index in [1.54, 1.807) is 5.06 Å². The van der Waals surface area contributed by atoms with E-state index in [0.717, 1.165) is 31.7 Å². The van der Waals surface area contributed by atoms with E-state index in [1.807, 2.05) is 0 Å². The standard InChI is InChI=1S/C14H25NO2/c16-14(15-11-4-5-12-17-15)10-6-9-13-7-2-1-3-8-13/h13H,1-12H2. The van der Waals surface area contributed by atoms with Crippen molar-refractivity contribution in [2.45, 2.75) is 64.2 Å². The van der Waals surface area contributed by atoms with Crippen molar-refractivity contribution in [1.82, 2.24) is 5.06 Å². The minimum absolute atomic E-state index is 0.195. The molecular formula is C14H25NO2. The van der Waals surface area contributed by atoms with E-state index in [9.17, 15) is 4.79 Å². The quantitative estimate of drug-likeness (QED) is 0.753. The fourth-order valence-corrected chi connectivity index (χ4v) is 2.94. The van der Waals surface area contributed by atoms with E-state index in [4.69, 9.17) is 4.84 Å². The molecule has 2 rings (SSSR count). The smallest absolute Gasteiger partial charge is 0.246 e. The molecule has 0 radical (unpaired) electrons. The van der Waals surface area contributed by atoms with E-state index in [-0.39, 0.29) is 5.91 Å². The van der Waals surface area contributed by atoms with E-state index in [2.05, 4.69) is 0 Å². The van der Waals surface area contributed by atoms with Gasteiger partial charge in [0.05, 0.1) is 6.61 Å². The van der Waals surface area contributed by atoms with Crippen LogP contribution < -0.4 is 0 Å². The van der Waals surface area contributed by atoms with Crippen LogP contribution in [0, 0.1) is 5.92 Å². The monoisotopic (exact) mass is 239 g/mol. The molecule has 1 saturated carbocycles. The van der Waals surface area contributed by atoms with Crippen LogP contribution in [0.1, 0.15) is 64.2 Å². The van der Waals surface area contributed by atoms with Crippen LogP contribution in [0.15, 0.2) is 0 Å². The van der Waals surface area contributed by atoms with Crippen molar-refractivity contribution in [2.24, 2.45) is 5.92 Å². The minimum Gasteiger partial charge on any atom is -0.273 e. The third-order valence-corrected chi connectivity index (χ3v) is 4.01. The zero-order valence-electron chi connectivity index (χ0n) is 10.8. The molecule has 1 heterocycles. The van der Waals surface area contributed by atoms with Crippen LogP contribution >= 0.6 is 0 Å². The maximum atomic E-state index is 11.8. The van der Waals surface area contributed by atoms with Crippen molar-refractivity contribution in [1.29, 1.82) is 0 Å². The third kappa shape index (κ3) is 4.30. The molecule has 0 aromatic rings. The molecule has 0 unspecified atom stereocenters. The minimum atomic E-state index is 0.195. The number of hydroxylamine groups is 2. The zero-order valence-corrected chi connectivity index (χ0v) is 10.8. The Balaban J connectivity index is 1.58. The first-order valence-corrected chi connectivity index (χ1v) is 7.29. The van der Waals surface area contributed by atoms with Crippen LogP contribution in [0.2, 0.25) is 0 Å². The highest BCUT2D eigenvalue weighted by Gasteiger charge is 2.18. The van der Waals surface area contributed by atoms with E-state index < -0.39 is 0 Å². The molecule has 1 saturated heterocycles. The van der Waals surface area contributed by atoms with Crippen LogP contribution in [0.5, 0.6) is 0 Å². The number of rotatable bonds is 4. The van der Waals surface area contributed by atoms with Crippen LogP contribution in [0.4, 0.5) is 0 Å². The van der Waals surface area contributed by atoms with Gasteiger partial charge < -0.3 is 0 Å². The van der Waals surface area contributed by atoms with Gasteiger partial charge in [-0.15, -0.1) is 0 Å². The van der Waals surface area contributed by atoms with Crippen LogP contribution in [-0.2, 0) is 9.63 Å². The highest BCUT2D eigenvalue weighted by molar-refractivity contribution is 5.75. The molecule has 2 aliphatic rings. The van der Waals surface area contributed by atoms with E-state index in [1.165, 1.54) is 38.5 Å². The van der Waals surface area contributed by atoms with Gasteiger partial charge in [-0.1, -0.05) is 32.1 Å². The van der Waals surface area contributed by atoms with Crippen LogP contribution in [0.25, 0.3) is 0 Å². The Bertz CT molecular complexity index is 230. The molecule has 1 amide bonds. The van der Waals surface area contributed by atoms with Crippen molar-refractivity contribution < 1.29 is 9.63 Å². The normalized spacial score (nSPS) is 22.7. The average molecular weight is 239 g/mol. The zero-order chi connectivity index (χ0) is 11.9. The lowest BCUT2D eigenvalue weighted by Crippen LogP contribution is -2.35. The second kappa shape index (κ2) is 7.00. The Morgan fingerprint density at radius 1 is 1.12 bits per heavy atom. The summed E-state index contributed by atoms with van der Waals surface area (Å²) in [4.78, 5) is 17.2. The maximum absolute atomic E-state index is 11.8. The van der Waals surface area contributed by atoms with Gasteiger partial charge in [-0.3, -0.25) is 9.63 Å². The molecular weight excluding hydrogens is 214 g/mol. The number of hydrogen-bond donors (Lipinski definition) is 0. The van der Waals surface area contributed by atoms with Gasteiger partial charge >= 0.3 is 0 Å². The predicted molar refractivity (Wildman–Crippen MR) is 67.3 cm³/mol. The summed E-state index contributed by atoms with van der Waals surface area (Å²) in [5, 5.41) is 1.59. The largest absolute Gasteiger partial charge is 0.273 e. The van der Waals surface area contributed by atoms with E-state index >= 15 is 0 Å². The molecule has 0 spiro atoms. The fourth-order valence-electron chi connectivity index (χ4n) is 2.94. The van der Waals surface area contributed by atoms with Gasteiger partial charge in [0.25, 0.3) is 0 Å². The topological polar surface area (TPSA) is 29.5 Å². The summed E-state index contributed by atoms with van der Waals surface area (Å²) in [5.41, 5.74) is 0. The van der Waals surface area contributed by atoms with Gasteiger partial charge in [0, 0.05) is 13.0 Å². The second-order valence-electron chi connectivity index (χ2n) is 5.43. The summed E-state index contributed by atoms with van der Waals surface area (Å²) in [7, 11) is 0. The molecule has 1 aliphatic carbocycles. The lowest BCUT2D eigenvalue weighted by Gasteiger charge is -2.26. The van der Waals surface area contributed by atoms with Gasteiger partial charge in [0.15, 0.2) is 0 Å². The highest BCUT2D eigenvalue weighted by Crippen LogP contribution is 2.27. The fraction of sp³-hybridized carbons (Fsp3) is 0.929. The van der Waals surface area contributed by atoms with Crippen molar-refractivity contribution >= 4 is 5.91 Å². The Kier molecular flexibility index (Phi) is 5.30. The lowest BCUT2D eigenvalue weighted by molar-refractivity contribution is -0.197. The molecule has 0 aromatic carbocycles. The molecule has 0 aromatic heterocycles. The highest BCUT2D eigenvalue weighted by atomic mass is 16.7. The summed E-state index contributed by atoms with van der Waals surface area (Å²) < 4.78 is 0. The second-order valence-corrected chi connectivity index (χ2v) is 5.43. The van der Waals surface area contributed by atoms with Crippen molar-refractivity contribution in [3.63, 3.8) is 0 Å². The number of hydrogen-bond acceptors (Lipinski definition) is 2. The lowest BCUT2D eigenvalue weighted by atomic mass is 9.86. The van der Waals surface area contributed by atoms with Crippen LogP contribution in [0.3, 0.4) is 0 Å². The summed E-state index contributed by atoms with van der Waals surface area (Å²) in [5.74, 6) is 1.08. The Morgan fingerprint density at radius 3 is 2.65 bits per heavy atom. The number of nitrogens with zero attached hydrogens (tertiary/aromatic N) is 1. The number of carbonyl (C=O) groups excluding carboxylic acids is 1. The number of carbonyl (C=O) groups is 1. The van der Waals surface area contributed by atoms with Gasteiger partial charge in [0.1, 0.15) is 0 Å². The predicted octanol–water partition coefficient (Wildman–Crippen LogP) is 3.29. The Labute approximate surface area is 104 Å². The molecule has 17 heavy (non-hydrogen) atoms. The van der Waals surface area contributed by atoms with Gasteiger partial charge in [-0.05, 0) is 31.6 Å².